The van der Waals surface area contributed by atoms with Gasteiger partial charge in [-0.3, -0.25) is 0 Å². The highest BCUT2D eigenvalue weighted by Gasteiger charge is 2.28. The summed E-state index contributed by atoms with van der Waals surface area (Å²) in [5, 5.41) is 6.08. The quantitative estimate of drug-likeness (QED) is 0.744. The van der Waals surface area contributed by atoms with Gasteiger partial charge in [0.25, 0.3) is 0 Å². The lowest BCUT2D eigenvalue weighted by Crippen LogP contribution is -2.46. The lowest BCUT2D eigenvalue weighted by Gasteiger charge is -2.35. The summed E-state index contributed by atoms with van der Waals surface area (Å²) in [6, 6.07) is 14.1. The molecule has 0 radical (unpaired) electrons. The van der Waals surface area contributed by atoms with Crippen molar-refractivity contribution in [3.8, 4) is 11.3 Å². The molecule has 0 saturated heterocycles. The Morgan fingerprint density at radius 1 is 1.23 bits per heavy atom. The number of urea groups is 1. The van der Waals surface area contributed by atoms with E-state index in [-0.39, 0.29) is 18.1 Å². The van der Waals surface area contributed by atoms with Crippen molar-refractivity contribution in [2.24, 2.45) is 0 Å². The van der Waals surface area contributed by atoms with Crippen LogP contribution in [-0.2, 0) is 6.54 Å². The first-order valence-corrected chi connectivity index (χ1v) is 9.74. The third-order valence-corrected chi connectivity index (χ3v) is 5.93. The fourth-order valence-corrected chi connectivity index (χ4v) is 4.25. The second-order valence-electron chi connectivity index (χ2n) is 6.60. The van der Waals surface area contributed by atoms with E-state index in [9.17, 15) is 4.79 Å². The molecule has 0 fully saturated rings. The van der Waals surface area contributed by atoms with E-state index in [0.29, 0.717) is 6.54 Å². The van der Waals surface area contributed by atoms with Gasteiger partial charge in [-0.05, 0) is 26.0 Å². The van der Waals surface area contributed by atoms with Crippen LogP contribution < -0.4 is 5.32 Å². The molecule has 0 bridgehead atoms. The number of carbonyl (C=O) groups excluding carboxylic acids is 1. The minimum absolute atomic E-state index is 0.0334. The van der Waals surface area contributed by atoms with Gasteiger partial charge >= 0.3 is 6.03 Å². The Kier molecular flexibility index (Phi) is 4.51. The van der Waals surface area contributed by atoms with Gasteiger partial charge in [0.05, 0.1) is 17.8 Å². The predicted octanol–water partition coefficient (Wildman–Crippen LogP) is 4.46. The van der Waals surface area contributed by atoms with Gasteiger partial charge in [0.1, 0.15) is 5.01 Å². The molecule has 2 atom stereocenters. The number of hydrogen-bond donors (Lipinski definition) is 1. The zero-order chi connectivity index (χ0) is 18.1. The third kappa shape index (κ3) is 3.12. The Morgan fingerprint density at radius 3 is 2.85 bits per heavy atom. The van der Waals surface area contributed by atoms with Gasteiger partial charge in [-0.25, -0.2) is 9.78 Å². The molecule has 2 aromatic heterocycles. The normalized spacial score (nSPS) is 17.6. The first-order chi connectivity index (χ1) is 12.6. The van der Waals surface area contributed by atoms with Crippen LogP contribution in [0.5, 0.6) is 0 Å². The number of rotatable bonds is 3. The topological polar surface area (TPSA) is 50.2 Å². The number of benzene rings is 1. The molecule has 2 unspecified atom stereocenters. The smallest absolute Gasteiger partial charge is 0.318 e. The van der Waals surface area contributed by atoms with Crippen molar-refractivity contribution in [3.63, 3.8) is 0 Å². The Hall–Kier alpha value is -2.60. The number of fused-ring (bicyclic) bond motifs is 1. The van der Waals surface area contributed by atoms with E-state index >= 15 is 0 Å². The van der Waals surface area contributed by atoms with Gasteiger partial charge in [0.2, 0.25) is 0 Å². The summed E-state index contributed by atoms with van der Waals surface area (Å²) in [5.41, 5.74) is 3.23. The van der Waals surface area contributed by atoms with Crippen LogP contribution in [0.15, 0.2) is 54.0 Å². The average molecular weight is 366 g/mol. The number of thiazole rings is 1. The van der Waals surface area contributed by atoms with Gasteiger partial charge in [-0.2, -0.15) is 0 Å². The van der Waals surface area contributed by atoms with E-state index in [1.165, 1.54) is 5.69 Å². The highest BCUT2D eigenvalue weighted by Crippen LogP contribution is 2.28. The number of nitrogens with zero attached hydrogens (tertiary/aromatic N) is 3. The zero-order valence-corrected chi connectivity index (χ0v) is 15.7. The lowest BCUT2D eigenvalue weighted by molar-refractivity contribution is 0.159. The van der Waals surface area contributed by atoms with Crippen molar-refractivity contribution in [1.82, 2.24) is 19.8 Å². The molecule has 4 rings (SSSR count). The minimum atomic E-state index is -0.120. The molecule has 0 aliphatic carbocycles. The maximum absolute atomic E-state index is 12.8. The molecule has 5 nitrogen and oxygen atoms in total. The highest BCUT2D eigenvalue weighted by atomic mass is 32.1. The van der Waals surface area contributed by atoms with E-state index in [1.807, 2.05) is 53.6 Å². The molecule has 1 aliphatic rings. The van der Waals surface area contributed by atoms with E-state index in [2.05, 4.69) is 29.1 Å². The highest BCUT2D eigenvalue weighted by molar-refractivity contribution is 7.10. The molecular weight excluding hydrogens is 344 g/mol. The van der Waals surface area contributed by atoms with Crippen LogP contribution in [0.25, 0.3) is 11.3 Å². The van der Waals surface area contributed by atoms with Gasteiger partial charge in [0, 0.05) is 35.9 Å². The number of carbonyl (C=O) groups is 1. The van der Waals surface area contributed by atoms with Crippen LogP contribution in [-0.4, -0.2) is 27.0 Å². The molecule has 0 saturated carbocycles. The largest absolute Gasteiger partial charge is 0.348 e. The maximum atomic E-state index is 12.8. The fraction of sp³-hybridized carbons (Fsp3) is 0.300. The first kappa shape index (κ1) is 16.8. The van der Waals surface area contributed by atoms with Crippen LogP contribution in [0.3, 0.4) is 0 Å². The van der Waals surface area contributed by atoms with Crippen molar-refractivity contribution >= 4 is 17.4 Å². The molecule has 0 spiro atoms. The third-order valence-electron chi connectivity index (χ3n) is 4.90. The number of aromatic nitrogens is 2. The molecule has 3 aromatic rings. The van der Waals surface area contributed by atoms with Gasteiger partial charge in [-0.15, -0.1) is 11.3 Å². The second-order valence-corrected chi connectivity index (χ2v) is 7.49. The SMILES string of the molecule is CC(NC(=O)N1CCn2cccc2C1C)c1nc(-c2ccccc2)cs1. The summed E-state index contributed by atoms with van der Waals surface area (Å²) >= 11 is 1.58. The molecule has 1 aliphatic heterocycles. The van der Waals surface area contributed by atoms with Gasteiger partial charge in [-0.1, -0.05) is 30.3 Å². The van der Waals surface area contributed by atoms with Crippen molar-refractivity contribution < 1.29 is 4.79 Å². The van der Waals surface area contributed by atoms with Crippen LogP contribution in [0.2, 0.25) is 0 Å². The average Bonchev–Trinajstić information content (AvgIpc) is 3.32. The molecule has 134 valence electrons. The standard InChI is InChI=1S/C20H22N4OS/c1-14(19-22-17(13-26-19)16-7-4-3-5-8-16)21-20(25)24-12-11-23-10-6-9-18(23)15(24)2/h3-10,13-15H,11-12H2,1-2H3,(H,21,25). The first-order valence-electron chi connectivity index (χ1n) is 8.86. The van der Waals surface area contributed by atoms with Gasteiger partial charge < -0.3 is 14.8 Å². The van der Waals surface area contributed by atoms with E-state index < -0.39 is 0 Å². The molecular formula is C20H22N4OS. The Bertz CT molecular complexity index is 901. The Labute approximate surface area is 157 Å². The van der Waals surface area contributed by atoms with Crippen molar-refractivity contribution in [2.75, 3.05) is 6.54 Å². The summed E-state index contributed by atoms with van der Waals surface area (Å²) < 4.78 is 2.21. The van der Waals surface area contributed by atoms with Crippen molar-refractivity contribution in [1.29, 1.82) is 0 Å². The summed E-state index contributed by atoms with van der Waals surface area (Å²) in [6.07, 6.45) is 2.07. The van der Waals surface area contributed by atoms with Crippen molar-refractivity contribution in [2.45, 2.75) is 32.5 Å². The van der Waals surface area contributed by atoms with Gasteiger partial charge in [0.15, 0.2) is 0 Å². The van der Waals surface area contributed by atoms with Crippen LogP contribution in [0.1, 0.15) is 36.6 Å². The minimum Gasteiger partial charge on any atom is -0.348 e. The van der Waals surface area contributed by atoms with E-state index in [0.717, 1.165) is 22.8 Å². The van der Waals surface area contributed by atoms with Crippen LogP contribution in [0.4, 0.5) is 4.79 Å². The number of nitrogens with one attached hydrogen (secondary N) is 1. The molecule has 26 heavy (non-hydrogen) atoms. The lowest BCUT2D eigenvalue weighted by atomic mass is 10.1. The summed E-state index contributed by atoms with van der Waals surface area (Å²) in [7, 11) is 0. The predicted molar refractivity (Wildman–Crippen MR) is 104 cm³/mol. The van der Waals surface area contributed by atoms with E-state index in [1.54, 1.807) is 11.3 Å². The summed E-state index contributed by atoms with van der Waals surface area (Å²) in [4.78, 5) is 19.4. The summed E-state index contributed by atoms with van der Waals surface area (Å²) in [6.45, 7) is 5.62. The van der Waals surface area contributed by atoms with Crippen LogP contribution >= 0.6 is 11.3 Å². The van der Waals surface area contributed by atoms with Crippen molar-refractivity contribution in [3.05, 3.63) is 64.7 Å². The maximum Gasteiger partial charge on any atom is 0.318 e. The molecule has 6 heteroatoms. The zero-order valence-electron chi connectivity index (χ0n) is 14.9. The van der Waals surface area contributed by atoms with E-state index in [4.69, 9.17) is 4.98 Å². The second kappa shape index (κ2) is 6.96. The number of hydrogen-bond acceptors (Lipinski definition) is 3. The molecule has 2 amide bonds. The Balaban J connectivity index is 1.44. The Morgan fingerprint density at radius 2 is 2.04 bits per heavy atom. The molecule has 3 heterocycles. The fourth-order valence-electron chi connectivity index (χ4n) is 3.41. The molecule has 1 N–H and O–H groups in total. The monoisotopic (exact) mass is 366 g/mol. The number of amides is 2. The van der Waals surface area contributed by atoms with Crippen LogP contribution in [0, 0.1) is 0 Å². The summed E-state index contributed by atoms with van der Waals surface area (Å²) in [5.74, 6) is 0. The molecule has 1 aromatic carbocycles.